The van der Waals surface area contributed by atoms with E-state index in [0.717, 1.165) is 23.4 Å². The number of ether oxygens (including phenoxy) is 3. The maximum atomic E-state index is 16.9. The predicted octanol–water partition coefficient (Wildman–Crippen LogP) is 8.79. The van der Waals surface area contributed by atoms with Gasteiger partial charge in [-0.25, -0.2) is 32.7 Å². The molecule has 1 aliphatic rings. The van der Waals surface area contributed by atoms with Crippen molar-refractivity contribution in [2.75, 3.05) is 43.4 Å². The van der Waals surface area contributed by atoms with E-state index in [9.17, 15) is 21.6 Å². The molecule has 0 aliphatic carbocycles. The van der Waals surface area contributed by atoms with Crippen LogP contribution >= 0.6 is 11.6 Å². The molecule has 17 heteroatoms. The number of aromatic nitrogens is 4. The first kappa shape index (κ1) is 40.5. The predicted molar refractivity (Wildman–Crippen MR) is 212 cm³/mol. The van der Waals surface area contributed by atoms with Crippen LogP contribution in [-0.2, 0) is 29.1 Å². The lowest BCUT2D eigenvalue weighted by Gasteiger charge is -2.33. The van der Waals surface area contributed by atoms with Gasteiger partial charge < -0.3 is 24.0 Å². The van der Waals surface area contributed by atoms with Crippen LogP contribution in [-0.4, -0.2) is 62.0 Å². The Morgan fingerprint density at radius 2 is 1.55 bits per heavy atom. The average Bonchev–Trinajstić information content (AvgIpc) is 3.39. The number of alkyl halides is 3. The Labute approximate surface area is 337 Å². The summed E-state index contributed by atoms with van der Waals surface area (Å²) in [6, 6.07) is 20.3. The highest BCUT2D eigenvalue weighted by Gasteiger charge is 2.39. The molecule has 4 heterocycles. The molecule has 1 aliphatic heterocycles. The van der Waals surface area contributed by atoms with Gasteiger partial charge in [-0.15, -0.1) is 0 Å². The molecule has 6 aromatic rings. The Morgan fingerprint density at radius 1 is 0.931 bits per heavy atom. The molecule has 0 unspecified atom stereocenters. The maximum absolute atomic E-state index is 16.9. The molecule has 0 N–H and O–H groups in total. The number of sulfone groups is 1. The molecule has 7 rings (SSSR count). The average molecular weight is 837 g/mol. The van der Waals surface area contributed by atoms with Gasteiger partial charge in [0.2, 0.25) is 20.9 Å². The molecule has 0 saturated carbocycles. The maximum Gasteiger partial charge on any atom is 0.417 e. The molecule has 58 heavy (non-hydrogen) atoms. The number of nitrogens with zero attached hydrogens (tertiary/aromatic N) is 6. The normalized spacial score (nSPS) is 13.5. The SMILES string of the molecule is COc1ccc(CN(Cc2ccc(OC)cc2)c2ncccc2[C@@H](C)N2CCOc3nc(-c4c(C(F)(F)F)ccc(C)c4Cl)c(F)c4nc(S(C)(=O)=O)nc2c34)cc1. The van der Waals surface area contributed by atoms with Gasteiger partial charge in [0.1, 0.15) is 46.3 Å². The van der Waals surface area contributed by atoms with Gasteiger partial charge >= 0.3 is 6.18 Å². The van der Waals surface area contributed by atoms with Crippen LogP contribution in [0.4, 0.5) is 29.2 Å². The Hall–Kier alpha value is -5.74. The summed E-state index contributed by atoms with van der Waals surface area (Å²) >= 11 is 6.44. The van der Waals surface area contributed by atoms with Gasteiger partial charge in [0.15, 0.2) is 5.82 Å². The van der Waals surface area contributed by atoms with Crippen molar-refractivity contribution in [3.63, 3.8) is 0 Å². The van der Waals surface area contributed by atoms with Crippen LogP contribution in [0.1, 0.15) is 40.8 Å². The minimum atomic E-state index is -4.94. The van der Waals surface area contributed by atoms with Gasteiger partial charge in [0, 0.05) is 36.7 Å². The quantitative estimate of drug-likeness (QED) is 0.0920. The largest absolute Gasteiger partial charge is 0.497 e. The molecular weight excluding hydrogens is 800 g/mol. The Kier molecular flexibility index (Phi) is 11.1. The zero-order valence-corrected chi connectivity index (χ0v) is 33.5. The van der Waals surface area contributed by atoms with E-state index in [1.54, 1.807) is 31.4 Å². The lowest BCUT2D eigenvalue weighted by molar-refractivity contribution is -0.137. The zero-order valence-electron chi connectivity index (χ0n) is 31.9. The molecule has 1 atom stereocenters. The van der Waals surface area contributed by atoms with Gasteiger partial charge in [0.05, 0.1) is 37.4 Å². The zero-order chi connectivity index (χ0) is 41.5. The fourth-order valence-electron chi connectivity index (χ4n) is 6.89. The van der Waals surface area contributed by atoms with E-state index < -0.39 is 55.4 Å². The molecule has 302 valence electrons. The molecule has 0 fully saturated rings. The minimum Gasteiger partial charge on any atom is -0.497 e. The molecule has 0 amide bonds. The minimum absolute atomic E-state index is 0.0404. The number of aryl methyl sites for hydroxylation is 1. The van der Waals surface area contributed by atoms with Gasteiger partial charge in [-0.05, 0) is 66.9 Å². The number of pyridine rings is 2. The third-order valence-corrected chi connectivity index (χ3v) is 11.2. The number of hydrogen-bond donors (Lipinski definition) is 0. The number of halogens is 5. The Balaban J connectivity index is 1.39. The summed E-state index contributed by atoms with van der Waals surface area (Å²) in [4.78, 5) is 21.5. The molecular formula is C41H37ClF4N6O5S. The fraction of sp³-hybridized carbons (Fsp3) is 0.268. The molecule has 0 saturated heterocycles. The van der Waals surface area contributed by atoms with Crippen LogP contribution in [0.3, 0.4) is 0 Å². The summed E-state index contributed by atoms with van der Waals surface area (Å²) < 4.78 is 103. The van der Waals surface area contributed by atoms with Crippen molar-refractivity contribution >= 4 is 44.0 Å². The first-order valence-electron chi connectivity index (χ1n) is 17.9. The number of methoxy groups -OCH3 is 2. The van der Waals surface area contributed by atoms with Gasteiger partial charge in [-0.3, -0.25) is 0 Å². The summed E-state index contributed by atoms with van der Waals surface area (Å²) in [7, 11) is -1.02. The van der Waals surface area contributed by atoms with Crippen molar-refractivity contribution in [3.05, 3.63) is 118 Å². The summed E-state index contributed by atoms with van der Waals surface area (Å²) in [5.74, 6) is 0.346. The third kappa shape index (κ3) is 7.90. The van der Waals surface area contributed by atoms with E-state index in [-0.39, 0.29) is 40.8 Å². The number of hydrogen-bond acceptors (Lipinski definition) is 11. The van der Waals surface area contributed by atoms with Gasteiger partial charge in [-0.1, -0.05) is 48.0 Å². The van der Waals surface area contributed by atoms with E-state index >= 15 is 4.39 Å². The molecule has 0 spiro atoms. The van der Waals surface area contributed by atoms with Crippen molar-refractivity contribution in [3.8, 4) is 28.6 Å². The standard InChI is InChI=1S/C41H37ClF4N6O5S/c1-23-8-17-30(41(44,45)46)31(33(23)42)35-34(43)36-32-38(50-40(49-36)58(5,53)54)52(19-20-57-39(32)48-35)24(2)29-7-6-18-47-37(29)51(21-25-9-13-27(55-3)14-10-25)22-26-11-15-28(56-4)16-12-26/h6-18,24H,19-22H2,1-5H3/t24-/m1/s1. The summed E-state index contributed by atoms with van der Waals surface area (Å²) in [5.41, 5.74) is -0.487. The topological polar surface area (TPSA) is 120 Å². The lowest BCUT2D eigenvalue weighted by atomic mass is 9.99. The molecule has 0 bridgehead atoms. The van der Waals surface area contributed by atoms with Crippen LogP contribution in [0.5, 0.6) is 17.4 Å². The molecule has 11 nitrogen and oxygen atoms in total. The highest BCUT2D eigenvalue weighted by atomic mass is 35.5. The van der Waals surface area contributed by atoms with Crippen molar-refractivity contribution in [2.24, 2.45) is 0 Å². The van der Waals surface area contributed by atoms with Crippen LogP contribution < -0.4 is 24.0 Å². The number of anilines is 2. The van der Waals surface area contributed by atoms with Crippen LogP contribution in [0.2, 0.25) is 5.02 Å². The summed E-state index contributed by atoms with van der Waals surface area (Å²) in [5, 5.41) is -1.24. The van der Waals surface area contributed by atoms with Crippen molar-refractivity contribution < 1.29 is 40.2 Å². The van der Waals surface area contributed by atoms with Gasteiger partial charge in [-0.2, -0.15) is 13.2 Å². The lowest BCUT2D eigenvalue weighted by Crippen LogP contribution is -2.33. The molecule has 3 aromatic heterocycles. The smallest absolute Gasteiger partial charge is 0.417 e. The van der Waals surface area contributed by atoms with Crippen molar-refractivity contribution in [1.29, 1.82) is 0 Å². The fourth-order valence-corrected chi connectivity index (χ4v) is 7.66. The van der Waals surface area contributed by atoms with Gasteiger partial charge in [0.25, 0.3) is 0 Å². The number of benzene rings is 3. The monoisotopic (exact) mass is 836 g/mol. The van der Waals surface area contributed by atoms with E-state index in [1.807, 2.05) is 61.5 Å². The molecule has 0 radical (unpaired) electrons. The second-order valence-electron chi connectivity index (χ2n) is 13.7. The van der Waals surface area contributed by atoms with Crippen LogP contribution in [0, 0.1) is 12.7 Å². The number of rotatable bonds is 11. The summed E-state index contributed by atoms with van der Waals surface area (Å²) in [6.07, 6.45) is -2.42. The van der Waals surface area contributed by atoms with Crippen molar-refractivity contribution in [1.82, 2.24) is 19.9 Å². The second kappa shape index (κ2) is 15.9. The van der Waals surface area contributed by atoms with Crippen molar-refractivity contribution in [2.45, 2.75) is 44.3 Å². The van der Waals surface area contributed by atoms with E-state index in [1.165, 1.54) is 13.0 Å². The van der Waals surface area contributed by atoms with Crippen LogP contribution in [0.15, 0.2) is 84.1 Å². The molecule has 3 aromatic carbocycles. The first-order valence-corrected chi connectivity index (χ1v) is 20.2. The summed E-state index contributed by atoms with van der Waals surface area (Å²) in [6.45, 7) is 4.17. The Morgan fingerprint density at radius 3 is 2.12 bits per heavy atom. The van der Waals surface area contributed by atoms with E-state index in [0.29, 0.717) is 36.0 Å². The first-order chi connectivity index (χ1) is 27.6. The third-order valence-electron chi connectivity index (χ3n) is 9.86. The van der Waals surface area contributed by atoms with E-state index in [4.69, 9.17) is 30.8 Å². The second-order valence-corrected chi connectivity index (χ2v) is 16.0. The highest BCUT2D eigenvalue weighted by Crippen LogP contribution is 2.47. The Bertz CT molecular complexity index is 2570. The van der Waals surface area contributed by atoms with Crippen LogP contribution in [0.25, 0.3) is 22.2 Å². The highest BCUT2D eigenvalue weighted by molar-refractivity contribution is 7.90. The van der Waals surface area contributed by atoms with E-state index in [2.05, 4.69) is 19.9 Å².